The van der Waals surface area contributed by atoms with Gasteiger partial charge in [0.2, 0.25) is 0 Å². The van der Waals surface area contributed by atoms with Crippen LogP contribution in [0.5, 0.6) is 0 Å². The largest absolute Gasteiger partial charge is 0.335 e. The monoisotopic (exact) mass is 333 g/mol. The standard InChI is InChI=1S/C19H19N5O/c20-7-10-24-17-6-2-1-4-15(17)12-18(24)19(25)22-9-3-5-16(13-22)23-11-8-21-14-23/h1-2,4,6,8,11-12,14,16H,3,5,9-10,13H2/t16-/m0/s1. The fraction of sp³-hybridized carbons (Fsp3) is 0.316. The van der Waals surface area contributed by atoms with Crippen molar-refractivity contribution in [3.8, 4) is 6.07 Å². The molecule has 4 rings (SSSR count). The third kappa shape index (κ3) is 2.78. The number of carbonyl (C=O) groups excluding carboxylic acids is 1. The summed E-state index contributed by atoms with van der Waals surface area (Å²) in [5.74, 6) is -0.00346. The normalized spacial score (nSPS) is 17.6. The van der Waals surface area contributed by atoms with E-state index in [1.54, 1.807) is 6.20 Å². The second-order valence-electron chi connectivity index (χ2n) is 6.39. The summed E-state index contributed by atoms with van der Waals surface area (Å²) in [4.78, 5) is 19.2. The molecule has 0 spiro atoms. The Morgan fingerprint density at radius 3 is 3.04 bits per heavy atom. The van der Waals surface area contributed by atoms with Crippen LogP contribution in [0.4, 0.5) is 0 Å². The minimum atomic E-state index is -0.00346. The van der Waals surface area contributed by atoms with Crippen LogP contribution in [0.1, 0.15) is 29.4 Å². The highest BCUT2D eigenvalue weighted by Gasteiger charge is 2.27. The molecule has 1 atom stereocenters. The van der Waals surface area contributed by atoms with E-state index in [2.05, 4.69) is 15.6 Å². The van der Waals surface area contributed by atoms with Gasteiger partial charge in [0.25, 0.3) is 5.91 Å². The number of hydrogen-bond acceptors (Lipinski definition) is 3. The van der Waals surface area contributed by atoms with E-state index in [4.69, 9.17) is 0 Å². The summed E-state index contributed by atoms with van der Waals surface area (Å²) < 4.78 is 3.89. The topological polar surface area (TPSA) is 66.8 Å². The number of likely N-dealkylation sites (tertiary alicyclic amines) is 1. The number of piperidine rings is 1. The fourth-order valence-corrected chi connectivity index (χ4v) is 3.66. The number of hydrogen-bond donors (Lipinski definition) is 0. The smallest absolute Gasteiger partial charge is 0.270 e. The average molecular weight is 333 g/mol. The third-order valence-corrected chi connectivity index (χ3v) is 4.89. The molecule has 0 N–H and O–H groups in total. The van der Waals surface area contributed by atoms with Gasteiger partial charge in [-0.15, -0.1) is 0 Å². The Hall–Kier alpha value is -3.07. The highest BCUT2D eigenvalue weighted by atomic mass is 16.2. The number of fused-ring (bicyclic) bond motifs is 1. The Labute approximate surface area is 145 Å². The molecule has 1 aromatic carbocycles. The van der Waals surface area contributed by atoms with Crippen molar-refractivity contribution in [1.29, 1.82) is 5.26 Å². The van der Waals surface area contributed by atoms with Crippen molar-refractivity contribution in [2.75, 3.05) is 13.1 Å². The molecular formula is C19H19N5O. The van der Waals surface area contributed by atoms with Gasteiger partial charge in [0, 0.05) is 36.4 Å². The maximum atomic E-state index is 13.2. The summed E-state index contributed by atoms with van der Waals surface area (Å²) in [5.41, 5.74) is 1.52. The van der Waals surface area contributed by atoms with Crippen LogP contribution in [0.15, 0.2) is 49.1 Å². The maximum absolute atomic E-state index is 13.2. The lowest BCUT2D eigenvalue weighted by Crippen LogP contribution is -2.41. The fourth-order valence-electron chi connectivity index (χ4n) is 3.66. The van der Waals surface area contributed by atoms with E-state index < -0.39 is 0 Å². The van der Waals surface area contributed by atoms with Crippen molar-refractivity contribution in [2.45, 2.75) is 25.4 Å². The van der Waals surface area contributed by atoms with Crippen molar-refractivity contribution in [1.82, 2.24) is 19.0 Å². The van der Waals surface area contributed by atoms with Crippen LogP contribution in [0.25, 0.3) is 10.9 Å². The quantitative estimate of drug-likeness (QED) is 0.740. The van der Waals surface area contributed by atoms with Gasteiger partial charge >= 0.3 is 0 Å². The predicted octanol–water partition coefficient (Wildman–Crippen LogP) is 2.84. The zero-order chi connectivity index (χ0) is 17.2. The number of aromatic nitrogens is 3. The lowest BCUT2D eigenvalue weighted by Gasteiger charge is -2.33. The summed E-state index contributed by atoms with van der Waals surface area (Å²) in [5, 5.41) is 10.2. The van der Waals surface area contributed by atoms with E-state index in [1.807, 2.05) is 52.3 Å². The predicted molar refractivity (Wildman–Crippen MR) is 94.0 cm³/mol. The Morgan fingerprint density at radius 1 is 1.36 bits per heavy atom. The van der Waals surface area contributed by atoms with Crippen molar-refractivity contribution in [2.24, 2.45) is 0 Å². The molecule has 3 heterocycles. The first kappa shape index (κ1) is 15.5. The van der Waals surface area contributed by atoms with Gasteiger partial charge in [0.15, 0.2) is 0 Å². The molecule has 0 bridgehead atoms. The van der Waals surface area contributed by atoms with Gasteiger partial charge < -0.3 is 14.0 Å². The summed E-state index contributed by atoms with van der Waals surface area (Å²) in [6, 6.07) is 12.1. The van der Waals surface area contributed by atoms with E-state index >= 15 is 0 Å². The molecule has 25 heavy (non-hydrogen) atoms. The van der Waals surface area contributed by atoms with E-state index in [0.717, 1.165) is 30.3 Å². The van der Waals surface area contributed by atoms with E-state index in [1.165, 1.54) is 0 Å². The second kappa shape index (κ2) is 6.44. The zero-order valence-electron chi connectivity index (χ0n) is 13.9. The number of rotatable bonds is 3. The molecule has 0 radical (unpaired) electrons. The van der Waals surface area contributed by atoms with Crippen molar-refractivity contribution in [3.05, 3.63) is 54.7 Å². The van der Waals surface area contributed by atoms with Crippen LogP contribution >= 0.6 is 0 Å². The summed E-state index contributed by atoms with van der Waals surface area (Å²) in [7, 11) is 0. The Bertz CT molecular complexity index is 935. The molecule has 6 nitrogen and oxygen atoms in total. The zero-order valence-corrected chi connectivity index (χ0v) is 13.9. The number of benzene rings is 1. The number of nitrogens with zero attached hydrogens (tertiary/aromatic N) is 5. The first-order valence-electron chi connectivity index (χ1n) is 8.50. The molecule has 3 aromatic rings. The Balaban J connectivity index is 1.65. The Kier molecular flexibility index (Phi) is 3.98. The summed E-state index contributed by atoms with van der Waals surface area (Å²) in [6.07, 6.45) is 7.54. The van der Waals surface area contributed by atoms with Gasteiger partial charge in [-0.1, -0.05) is 18.2 Å². The van der Waals surface area contributed by atoms with Crippen LogP contribution in [0, 0.1) is 11.3 Å². The average Bonchev–Trinajstić information content (AvgIpc) is 3.30. The molecule has 1 aliphatic heterocycles. The summed E-state index contributed by atoms with van der Waals surface area (Å²) >= 11 is 0. The van der Waals surface area contributed by atoms with Crippen LogP contribution in [-0.4, -0.2) is 38.0 Å². The minimum absolute atomic E-state index is 0.00346. The number of amides is 1. The van der Waals surface area contributed by atoms with Gasteiger partial charge in [-0.2, -0.15) is 5.26 Å². The van der Waals surface area contributed by atoms with Gasteiger partial charge in [-0.25, -0.2) is 4.98 Å². The van der Waals surface area contributed by atoms with Gasteiger partial charge in [-0.3, -0.25) is 4.79 Å². The number of nitriles is 1. The SMILES string of the molecule is N#CCn1c(C(=O)N2CCC[C@H](n3ccnc3)C2)cc2ccccc21. The number of para-hydroxylation sites is 1. The molecule has 126 valence electrons. The molecule has 0 unspecified atom stereocenters. The molecule has 0 aliphatic carbocycles. The Morgan fingerprint density at radius 2 is 2.24 bits per heavy atom. The molecule has 1 aliphatic rings. The molecule has 6 heteroatoms. The van der Waals surface area contributed by atoms with Crippen molar-refractivity contribution < 1.29 is 4.79 Å². The number of imidazole rings is 1. The lowest BCUT2D eigenvalue weighted by atomic mass is 10.1. The van der Waals surface area contributed by atoms with E-state index in [9.17, 15) is 10.1 Å². The van der Waals surface area contributed by atoms with Gasteiger partial charge in [-0.05, 0) is 25.0 Å². The first-order chi connectivity index (χ1) is 12.3. The van der Waals surface area contributed by atoms with Crippen LogP contribution in [-0.2, 0) is 6.54 Å². The lowest BCUT2D eigenvalue weighted by molar-refractivity contribution is 0.0669. The van der Waals surface area contributed by atoms with Gasteiger partial charge in [0.05, 0.1) is 18.4 Å². The van der Waals surface area contributed by atoms with E-state index in [-0.39, 0.29) is 18.5 Å². The number of carbonyl (C=O) groups is 1. The van der Waals surface area contributed by atoms with Crippen molar-refractivity contribution >= 4 is 16.8 Å². The maximum Gasteiger partial charge on any atom is 0.270 e. The minimum Gasteiger partial charge on any atom is -0.335 e. The molecule has 1 saturated heterocycles. The first-order valence-corrected chi connectivity index (χ1v) is 8.50. The van der Waals surface area contributed by atoms with Crippen LogP contribution in [0.2, 0.25) is 0 Å². The highest BCUT2D eigenvalue weighted by Crippen LogP contribution is 2.25. The van der Waals surface area contributed by atoms with Gasteiger partial charge in [0.1, 0.15) is 12.2 Å². The molecule has 2 aromatic heterocycles. The summed E-state index contributed by atoms with van der Waals surface area (Å²) in [6.45, 7) is 1.59. The highest BCUT2D eigenvalue weighted by molar-refractivity contribution is 5.98. The third-order valence-electron chi connectivity index (χ3n) is 4.89. The van der Waals surface area contributed by atoms with Crippen LogP contribution in [0.3, 0.4) is 0 Å². The molecular weight excluding hydrogens is 314 g/mol. The second-order valence-corrected chi connectivity index (χ2v) is 6.39. The van der Waals surface area contributed by atoms with Crippen LogP contribution < -0.4 is 0 Å². The van der Waals surface area contributed by atoms with Crippen molar-refractivity contribution in [3.63, 3.8) is 0 Å². The molecule has 0 saturated carbocycles. The molecule has 1 amide bonds. The van der Waals surface area contributed by atoms with E-state index in [0.29, 0.717) is 12.2 Å². The molecule has 1 fully saturated rings.